The number of halogens is 8. The summed E-state index contributed by atoms with van der Waals surface area (Å²) in [6, 6.07) is 6.04. The van der Waals surface area contributed by atoms with Crippen LogP contribution < -0.4 is 4.90 Å². The number of carbonyl (C=O) groups excluding carboxylic acids is 1. The molecule has 0 saturated heterocycles. The number of carbonyl (C=O) groups is 1. The van der Waals surface area contributed by atoms with Crippen LogP contribution in [0, 0.1) is 0 Å². The molecular weight excluding hydrogens is 593 g/mol. The number of hydrogen-bond acceptors (Lipinski definition) is 3. The van der Waals surface area contributed by atoms with E-state index in [2.05, 4.69) is 10.1 Å². The molecule has 0 bridgehead atoms. The second-order valence-corrected chi connectivity index (χ2v) is 10.6. The molecule has 0 saturated carbocycles. The lowest BCUT2D eigenvalue weighted by atomic mass is 9.81. The Kier molecular flexibility index (Phi) is 8.09. The van der Waals surface area contributed by atoms with Crippen LogP contribution in [0.3, 0.4) is 0 Å². The predicted octanol–water partition coefficient (Wildman–Crippen LogP) is 8.79. The van der Waals surface area contributed by atoms with Gasteiger partial charge in [0.25, 0.3) is 0 Å². The Morgan fingerprint density at radius 2 is 1.46 bits per heavy atom. The smallest absolute Gasteiger partial charge is 0.310 e. The highest BCUT2D eigenvalue weighted by molar-refractivity contribution is 6.42. The number of alkyl halides is 6. The number of benzene rings is 2. The molecule has 0 atom stereocenters. The molecule has 1 amide bonds. The van der Waals surface area contributed by atoms with Gasteiger partial charge in [0.1, 0.15) is 0 Å². The SMILES string of the molecule is CCN(C(=O)C(C)(C)c1cc(C(F)(F)F)cc(C(F)(F)F)c1)c1cnc2c(cnn2CC)c1-c1ccc(Cl)c(Cl)c1. The van der Waals surface area contributed by atoms with Crippen molar-refractivity contribution in [3.63, 3.8) is 0 Å². The van der Waals surface area contributed by atoms with E-state index in [1.165, 1.54) is 24.9 Å². The lowest BCUT2D eigenvalue weighted by molar-refractivity contribution is -0.143. The predicted molar refractivity (Wildman–Crippen MR) is 146 cm³/mol. The molecule has 0 aliphatic rings. The molecular formula is C28H24Cl2F6N4O. The summed E-state index contributed by atoms with van der Waals surface area (Å²) in [4.78, 5) is 19.9. The van der Waals surface area contributed by atoms with Crippen molar-refractivity contribution in [2.45, 2.75) is 52.0 Å². The first kappa shape index (κ1) is 30.6. The lowest BCUT2D eigenvalue weighted by Crippen LogP contribution is -2.44. The van der Waals surface area contributed by atoms with Gasteiger partial charge in [0.2, 0.25) is 5.91 Å². The highest BCUT2D eigenvalue weighted by Crippen LogP contribution is 2.42. The molecule has 0 N–H and O–H groups in total. The third-order valence-electron chi connectivity index (χ3n) is 6.85. The Morgan fingerprint density at radius 1 is 0.878 bits per heavy atom. The largest absolute Gasteiger partial charge is 0.416 e. The number of pyridine rings is 1. The lowest BCUT2D eigenvalue weighted by Gasteiger charge is -2.33. The topological polar surface area (TPSA) is 51.0 Å². The molecule has 41 heavy (non-hydrogen) atoms. The van der Waals surface area contributed by atoms with Crippen molar-refractivity contribution in [2.75, 3.05) is 11.4 Å². The van der Waals surface area contributed by atoms with Crippen molar-refractivity contribution in [3.05, 3.63) is 75.5 Å². The van der Waals surface area contributed by atoms with E-state index in [9.17, 15) is 31.1 Å². The minimum atomic E-state index is -5.06. The maximum atomic E-state index is 14.1. The zero-order valence-corrected chi connectivity index (χ0v) is 23.8. The first-order valence-electron chi connectivity index (χ1n) is 12.4. The summed E-state index contributed by atoms with van der Waals surface area (Å²) in [7, 11) is 0. The summed E-state index contributed by atoms with van der Waals surface area (Å²) in [6.07, 6.45) is -7.12. The van der Waals surface area contributed by atoms with Gasteiger partial charge in [-0.05, 0) is 69.2 Å². The minimum absolute atomic E-state index is 0.0246. The number of anilines is 1. The molecule has 0 radical (unpaired) electrons. The number of nitrogens with zero attached hydrogens (tertiary/aromatic N) is 4. The van der Waals surface area contributed by atoms with Gasteiger partial charge in [-0.15, -0.1) is 0 Å². The highest BCUT2D eigenvalue weighted by atomic mass is 35.5. The Hall–Kier alpha value is -3.31. The van der Waals surface area contributed by atoms with Crippen molar-refractivity contribution in [1.29, 1.82) is 0 Å². The van der Waals surface area contributed by atoms with Gasteiger partial charge in [-0.25, -0.2) is 9.67 Å². The van der Waals surface area contributed by atoms with Crippen LogP contribution in [0.5, 0.6) is 0 Å². The van der Waals surface area contributed by atoms with E-state index in [0.29, 0.717) is 45.9 Å². The van der Waals surface area contributed by atoms with Gasteiger partial charge >= 0.3 is 12.4 Å². The molecule has 0 aliphatic carbocycles. The number of aromatic nitrogens is 3. The second kappa shape index (κ2) is 10.8. The number of hydrogen-bond donors (Lipinski definition) is 0. The highest BCUT2D eigenvalue weighted by Gasteiger charge is 2.41. The number of likely N-dealkylation sites (N-methyl/N-ethyl adjacent to an activating group) is 1. The Balaban J connectivity index is 1.93. The average Bonchev–Trinajstić information content (AvgIpc) is 3.32. The normalized spacial score (nSPS) is 12.7. The van der Waals surface area contributed by atoms with Crippen molar-refractivity contribution in [2.24, 2.45) is 0 Å². The monoisotopic (exact) mass is 616 g/mol. The Bertz CT molecular complexity index is 1600. The molecule has 13 heteroatoms. The van der Waals surface area contributed by atoms with Gasteiger partial charge in [0.15, 0.2) is 5.65 Å². The van der Waals surface area contributed by atoms with Crippen LogP contribution in [0.4, 0.5) is 32.0 Å². The number of aryl methyl sites for hydroxylation is 1. The number of rotatable bonds is 6. The molecule has 4 rings (SSSR count). The van der Waals surface area contributed by atoms with Gasteiger partial charge in [-0.3, -0.25) is 4.79 Å². The van der Waals surface area contributed by atoms with E-state index in [1.807, 2.05) is 6.92 Å². The van der Waals surface area contributed by atoms with Crippen molar-refractivity contribution >= 4 is 45.8 Å². The summed E-state index contributed by atoms with van der Waals surface area (Å²) in [5.41, 5.74) is -3.42. The van der Waals surface area contributed by atoms with E-state index >= 15 is 0 Å². The number of amides is 1. The quantitative estimate of drug-likeness (QED) is 0.203. The van der Waals surface area contributed by atoms with E-state index in [0.717, 1.165) is 0 Å². The van der Waals surface area contributed by atoms with Crippen LogP contribution in [-0.4, -0.2) is 27.2 Å². The van der Waals surface area contributed by atoms with Crippen LogP contribution in [0.15, 0.2) is 48.8 Å². The molecule has 2 aromatic heterocycles. The van der Waals surface area contributed by atoms with Crippen LogP contribution >= 0.6 is 23.2 Å². The van der Waals surface area contributed by atoms with Gasteiger partial charge in [-0.1, -0.05) is 29.3 Å². The first-order valence-corrected chi connectivity index (χ1v) is 13.2. The minimum Gasteiger partial charge on any atom is -0.310 e. The average molecular weight is 617 g/mol. The summed E-state index contributed by atoms with van der Waals surface area (Å²) in [5.74, 6) is -0.738. The first-order chi connectivity index (χ1) is 19.0. The second-order valence-electron chi connectivity index (χ2n) is 9.81. The van der Waals surface area contributed by atoms with Gasteiger partial charge in [0.05, 0.1) is 44.7 Å². The zero-order valence-electron chi connectivity index (χ0n) is 22.3. The third kappa shape index (κ3) is 5.74. The fourth-order valence-corrected chi connectivity index (χ4v) is 4.91. The molecule has 4 aromatic rings. The van der Waals surface area contributed by atoms with E-state index < -0.39 is 40.4 Å². The molecule has 0 fully saturated rings. The maximum absolute atomic E-state index is 14.1. The summed E-state index contributed by atoms with van der Waals surface area (Å²) in [6.45, 7) is 6.60. The fourth-order valence-electron chi connectivity index (χ4n) is 4.61. The van der Waals surface area contributed by atoms with Gasteiger partial charge in [-0.2, -0.15) is 31.4 Å². The van der Waals surface area contributed by atoms with Crippen molar-refractivity contribution < 1.29 is 31.1 Å². The molecule has 2 aromatic carbocycles. The fraction of sp³-hybridized carbons (Fsp3) is 0.321. The van der Waals surface area contributed by atoms with Crippen LogP contribution in [0.2, 0.25) is 10.0 Å². The maximum Gasteiger partial charge on any atom is 0.416 e. The Labute approximate surface area is 241 Å². The van der Waals surface area contributed by atoms with Crippen LogP contribution in [-0.2, 0) is 29.1 Å². The van der Waals surface area contributed by atoms with Crippen LogP contribution in [0.25, 0.3) is 22.2 Å². The molecule has 5 nitrogen and oxygen atoms in total. The van der Waals surface area contributed by atoms with Crippen molar-refractivity contribution in [3.8, 4) is 11.1 Å². The number of fused-ring (bicyclic) bond motifs is 1. The summed E-state index contributed by atoms with van der Waals surface area (Å²) >= 11 is 12.4. The molecule has 218 valence electrons. The third-order valence-corrected chi connectivity index (χ3v) is 7.59. The van der Waals surface area contributed by atoms with Crippen LogP contribution in [0.1, 0.15) is 44.4 Å². The molecule has 0 aliphatic heterocycles. The molecule has 0 spiro atoms. The zero-order chi connectivity index (χ0) is 30.5. The Morgan fingerprint density at radius 3 is 1.98 bits per heavy atom. The van der Waals surface area contributed by atoms with E-state index in [-0.39, 0.29) is 23.3 Å². The standard InChI is InChI=1S/C28H24Cl2F6N4O/c1-5-39(25(41)26(3,4)16-10-17(27(31,32)33)12-18(11-16)28(34,35)36)22-14-37-24-19(13-38-40(24)6-2)23(22)15-7-8-20(29)21(30)9-15/h7-14H,5-6H2,1-4H3. The molecule has 0 unspecified atom stereocenters. The van der Waals surface area contributed by atoms with E-state index in [1.54, 1.807) is 36.0 Å². The summed E-state index contributed by atoms with van der Waals surface area (Å²) in [5, 5.41) is 5.44. The van der Waals surface area contributed by atoms with Gasteiger partial charge < -0.3 is 4.90 Å². The summed E-state index contributed by atoms with van der Waals surface area (Å²) < 4.78 is 83.2. The van der Waals surface area contributed by atoms with Crippen molar-refractivity contribution in [1.82, 2.24) is 14.8 Å². The molecule has 2 heterocycles. The van der Waals surface area contributed by atoms with Gasteiger partial charge in [0, 0.05) is 24.0 Å². The van der Waals surface area contributed by atoms with E-state index in [4.69, 9.17) is 23.2 Å².